The highest BCUT2D eigenvalue weighted by Gasteiger charge is 2.36. The monoisotopic (exact) mass is 354 g/mol. The number of amides is 1. The predicted molar refractivity (Wildman–Crippen MR) is 84.4 cm³/mol. The van der Waals surface area contributed by atoms with E-state index in [9.17, 15) is 14.7 Å². The molecule has 1 N–H and O–H groups in total. The molecular weight excluding hydrogens is 340 g/mol. The normalized spacial score (nSPS) is 17.1. The van der Waals surface area contributed by atoms with E-state index in [1.165, 1.54) is 16.2 Å². The molecule has 122 valence electrons. The van der Waals surface area contributed by atoms with Crippen molar-refractivity contribution >= 4 is 34.8 Å². The maximum absolute atomic E-state index is 12.5. The summed E-state index contributed by atoms with van der Waals surface area (Å²) in [7, 11) is 0. The molecule has 0 bridgehead atoms. The molecule has 9 heteroatoms. The smallest absolute Gasteiger partial charge is 0.328 e. The Morgan fingerprint density at radius 2 is 2.22 bits per heavy atom. The van der Waals surface area contributed by atoms with E-state index in [0.717, 1.165) is 4.88 Å². The van der Waals surface area contributed by atoms with Gasteiger partial charge in [-0.3, -0.25) is 4.79 Å². The van der Waals surface area contributed by atoms with E-state index >= 15 is 0 Å². The summed E-state index contributed by atoms with van der Waals surface area (Å²) in [6, 6.07) is 2.78. The zero-order valence-electron chi connectivity index (χ0n) is 12.4. The van der Waals surface area contributed by atoms with Gasteiger partial charge < -0.3 is 14.6 Å². The van der Waals surface area contributed by atoms with Crippen LogP contribution in [-0.2, 0) is 29.1 Å². The summed E-state index contributed by atoms with van der Waals surface area (Å²) in [5.74, 6) is 0.0594. The SMILES string of the molecule is Cc1nnc2n1CC(C(=O)O)N(C(=O)CCc1ccc(Cl)s1)C2. The molecule has 23 heavy (non-hydrogen) atoms. The van der Waals surface area contributed by atoms with Gasteiger partial charge in [0.15, 0.2) is 5.82 Å². The Labute approximate surface area is 141 Å². The van der Waals surface area contributed by atoms with Crippen LogP contribution in [0.5, 0.6) is 0 Å². The molecular formula is C14H15ClN4O3S. The van der Waals surface area contributed by atoms with Gasteiger partial charge in [-0.2, -0.15) is 0 Å². The number of aryl methyl sites for hydroxylation is 2. The molecule has 1 unspecified atom stereocenters. The van der Waals surface area contributed by atoms with Gasteiger partial charge in [-0.15, -0.1) is 21.5 Å². The lowest BCUT2D eigenvalue weighted by Gasteiger charge is -2.33. The number of fused-ring (bicyclic) bond motifs is 1. The first-order valence-corrected chi connectivity index (χ1v) is 8.30. The van der Waals surface area contributed by atoms with Crippen molar-refractivity contribution in [1.82, 2.24) is 19.7 Å². The van der Waals surface area contributed by atoms with Crippen LogP contribution < -0.4 is 0 Å². The van der Waals surface area contributed by atoms with Crippen LogP contribution in [0.4, 0.5) is 0 Å². The Balaban J connectivity index is 1.74. The molecule has 1 aliphatic heterocycles. The number of hydrogen-bond acceptors (Lipinski definition) is 5. The molecule has 0 aliphatic carbocycles. The number of nitrogens with zero attached hydrogens (tertiary/aromatic N) is 4. The second kappa shape index (κ2) is 6.29. The highest BCUT2D eigenvalue weighted by Crippen LogP contribution is 2.24. The van der Waals surface area contributed by atoms with E-state index < -0.39 is 12.0 Å². The molecule has 3 heterocycles. The number of thiophene rings is 1. The summed E-state index contributed by atoms with van der Waals surface area (Å²) in [6.07, 6.45) is 0.790. The van der Waals surface area contributed by atoms with Gasteiger partial charge in [0.1, 0.15) is 11.9 Å². The first-order chi connectivity index (χ1) is 11.0. The standard InChI is InChI=1S/C14H15ClN4O3S/c1-8-16-17-12-7-19(10(14(21)22)6-18(8)12)13(20)5-3-9-2-4-11(15)23-9/h2,4,10H,3,5-7H2,1H3,(H,21,22). The minimum Gasteiger partial charge on any atom is -0.480 e. The van der Waals surface area contributed by atoms with Crippen LogP contribution in [0.3, 0.4) is 0 Å². The van der Waals surface area contributed by atoms with Crippen LogP contribution in [0, 0.1) is 6.92 Å². The van der Waals surface area contributed by atoms with Gasteiger partial charge in [-0.05, 0) is 25.5 Å². The number of carboxylic acids is 1. The molecule has 3 rings (SSSR count). The molecule has 0 aromatic carbocycles. The van der Waals surface area contributed by atoms with Crippen LogP contribution in [0.15, 0.2) is 12.1 Å². The van der Waals surface area contributed by atoms with Gasteiger partial charge in [-0.1, -0.05) is 11.6 Å². The summed E-state index contributed by atoms with van der Waals surface area (Å²) in [4.78, 5) is 26.4. The van der Waals surface area contributed by atoms with Crippen molar-refractivity contribution in [3.05, 3.63) is 33.0 Å². The van der Waals surface area contributed by atoms with Crippen LogP contribution in [0.25, 0.3) is 0 Å². The summed E-state index contributed by atoms with van der Waals surface area (Å²) >= 11 is 7.30. The zero-order valence-corrected chi connectivity index (χ0v) is 14.0. The maximum atomic E-state index is 12.5. The molecule has 1 atom stereocenters. The van der Waals surface area contributed by atoms with E-state index in [0.29, 0.717) is 22.4 Å². The average Bonchev–Trinajstić information content (AvgIpc) is 3.09. The Morgan fingerprint density at radius 1 is 1.43 bits per heavy atom. The summed E-state index contributed by atoms with van der Waals surface area (Å²) in [6.45, 7) is 2.12. The average molecular weight is 355 g/mol. The molecule has 0 saturated heterocycles. The highest BCUT2D eigenvalue weighted by atomic mass is 35.5. The fourth-order valence-corrected chi connectivity index (χ4v) is 3.73. The number of carboxylic acid groups (broad SMARTS) is 1. The van der Waals surface area contributed by atoms with Crippen molar-refractivity contribution in [2.45, 2.75) is 38.9 Å². The van der Waals surface area contributed by atoms with Gasteiger partial charge in [-0.25, -0.2) is 4.79 Å². The molecule has 0 spiro atoms. The number of rotatable bonds is 4. The molecule has 2 aromatic heterocycles. The van der Waals surface area contributed by atoms with Crippen LogP contribution >= 0.6 is 22.9 Å². The number of hydrogen-bond donors (Lipinski definition) is 1. The van der Waals surface area contributed by atoms with E-state index in [1.54, 1.807) is 17.6 Å². The fourth-order valence-electron chi connectivity index (χ4n) is 2.65. The first-order valence-electron chi connectivity index (χ1n) is 7.11. The molecule has 2 aromatic rings. The number of aliphatic carboxylic acids is 1. The minimum absolute atomic E-state index is 0.168. The largest absolute Gasteiger partial charge is 0.480 e. The van der Waals surface area contributed by atoms with Crippen molar-refractivity contribution in [3.63, 3.8) is 0 Å². The third kappa shape index (κ3) is 3.23. The Kier molecular flexibility index (Phi) is 4.36. The number of halogens is 1. The highest BCUT2D eigenvalue weighted by molar-refractivity contribution is 7.16. The van der Waals surface area contributed by atoms with Crippen LogP contribution in [-0.4, -0.2) is 42.7 Å². The molecule has 0 saturated carbocycles. The third-order valence-corrected chi connectivity index (χ3v) is 5.17. The summed E-state index contributed by atoms with van der Waals surface area (Å²) in [5.41, 5.74) is 0. The van der Waals surface area contributed by atoms with Crippen LogP contribution in [0.1, 0.15) is 22.9 Å². The number of carbonyl (C=O) groups is 2. The van der Waals surface area contributed by atoms with Crippen molar-refractivity contribution in [3.8, 4) is 0 Å². The van der Waals surface area contributed by atoms with Gasteiger partial charge in [0, 0.05) is 11.3 Å². The molecule has 1 aliphatic rings. The lowest BCUT2D eigenvalue weighted by Crippen LogP contribution is -2.50. The predicted octanol–water partition coefficient (Wildman–Crippen LogP) is 1.73. The van der Waals surface area contributed by atoms with E-state index in [1.807, 2.05) is 6.07 Å². The lowest BCUT2D eigenvalue weighted by molar-refractivity contribution is -0.152. The molecule has 0 fully saturated rings. The van der Waals surface area contributed by atoms with Gasteiger partial charge in [0.2, 0.25) is 5.91 Å². The Bertz CT molecular complexity index is 757. The van der Waals surface area contributed by atoms with E-state index in [4.69, 9.17) is 11.6 Å². The lowest BCUT2D eigenvalue weighted by atomic mass is 10.1. The zero-order chi connectivity index (χ0) is 16.6. The first kappa shape index (κ1) is 15.9. The van der Waals surface area contributed by atoms with E-state index in [2.05, 4.69) is 10.2 Å². The number of carbonyl (C=O) groups excluding carboxylic acids is 1. The van der Waals surface area contributed by atoms with Crippen molar-refractivity contribution in [2.75, 3.05) is 0 Å². The van der Waals surface area contributed by atoms with Gasteiger partial charge in [0.25, 0.3) is 0 Å². The minimum atomic E-state index is -1.02. The van der Waals surface area contributed by atoms with E-state index in [-0.39, 0.29) is 25.4 Å². The quantitative estimate of drug-likeness (QED) is 0.903. The fraction of sp³-hybridized carbons (Fsp3) is 0.429. The summed E-state index contributed by atoms with van der Waals surface area (Å²) in [5, 5.41) is 17.4. The van der Waals surface area contributed by atoms with Crippen molar-refractivity contribution < 1.29 is 14.7 Å². The van der Waals surface area contributed by atoms with Gasteiger partial charge in [0.05, 0.1) is 17.4 Å². The van der Waals surface area contributed by atoms with Crippen LogP contribution in [0.2, 0.25) is 4.34 Å². The van der Waals surface area contributed by atoms with Crippen molar-refractivity contribution in [1.29, 1.82) is 0 Å². The second-order valence-corrected chi connectivity index (χ2v) is 7.16. The molecule has 0 radical (unpaired) electrons. The van der Waals surface area contributed by atoms with Crippen molar-refractivity contribution in [2.24, 2.45) is 0 Å². The maximum Gasteiger partial charge on any atom is 0.328 e. The Morgan fingerprint density at radius 3 is 2.87 bits per heavy atom. The van der Waals surface area contributed by atoms with Gasteiger partial charge >= 0.3 is 5.97 Å². The summed E-state index contributed by atoms with van der Waals surface area (Å²) < 4.78 is 2.43. The number of aromatic nitrogens is 3. The topological polar surface area (TPSA) is 88.3 Å². The Hall–Kier alpha value is -1.93. The molecule has 1 amide bonds. The third-order valence-electron chi connectivity index (χ3n) is 3.88. The molecule has 7 nitrogen and oxygen atoms in total. The second-order valence-electron chi connectivity index (χ2n) is 5.36.